The topological polar surface area (TPSA) is 77.8 Å². The molecule has 1 aliphatic rings. The van der Waals surface area contributed by atoms with Gasteiger partial charge < -0.3 is 15.1 Å². The molecule has 2 aromatic carbocycles. The van der Waals surface area contributed by atoms with E-state index in [4.69, 9.17) is 5.11 Å². The second-order valence-corrected chi connectivity index (χ2v) is 10.3. The molecule has 1 saturated heterocycles. The molecule has 1 amide bonds. The summed E-state index contributed by atoms with van der Waals surface area (Å²) in [6, 6.07) is 17.3. The number of carboxylic acid groups (broad SMARTS) is 1. The Morgan fingerprint density at radius 1 is 1.14 bits per heavy atom. The summed E-state index contributed by atoms with van der Waals surface area (Å²) in [6.07, 6.45) is 5.92. The zero-order valence-electron chi connectivity index (χ0n) is 20.1. The minimum Gasteiger partial charge on any atom is -0.478 e. The predicted molar refractivity (Wildman–Crippen MR) is 140 cm³/mol. The lowest BCUT2D eigenvalue weighted by Gasteiger charge is -2.22. The zero-order valence-corrected chi connectivity index (χ0v) is 20.9. The van der Waals surface area contributed by atoms with Crippen LogP contribution in [0.2, 0.25) is 0 Å². The first-order chi connectivity index (χ1) is 16.8. The second kappa shape index (κ2) is 11.0. The van der Waals surface area contributed by atoms with E-state index in [1.54, 1.807) is 29.5 Å². The number of aryl methyl sites for hydroxylation is 3. The highest BCUT2D eigenvalue weighted by Gasteiger charge is 2.28. The summed E-state index contributed by atoms with van der Waals surface area (Å²) >= 11 is 1.59. The summed E-state index contributed by atoms with van der Waals surface area (Å²) in [5.41, 5.74) is 4.98. The van der Waals surface area contributed by atoms with E-state index < -0.39 is 12.1 Å². The molecule has 2 atom stereocenters. The fourth-order valence-electron chi connectivity index (χ4n) is 4.59. The van der Waals surface area contributed by atoms with Crippen LogP contribution in [0.15, 0.2) is 66.7 Å². The fourth-order valence-corrected chi connectivity index (χ4v) is 5.65. The van der Waals surface area contributed by atoms with Gasteiger partial charge in [0.2, 0.25) is 5.91 Å². The van der Waals surface area contributed by atoms with Crippen molar-refractivity contribution in [2.45, 2.75) is 51.7 Å². The molecule has 35 heavy (non-hydrogen) atoms. The number of hydrogen-bond acceptors (Lipinski definition) is 4. The largest absolute Gasteiger partial charge is 0.478 e. The maximum atomic E-state index is 12.4. The van der Waals surface area contributed by atoms with Gasteiger partial charge in [0.15, 0.2) is 0 Å². The van der Waals surface area contributed by atoms with Crippen LogP contribution >= 0.6 is 11.3 Å². The zero-order chi connectivity index (χ0) is 24.9. The van der Waals surface area contributed by atoms with Gasteiger partial charge in [-0.15, -0.1) is 11.3 Å². The van der Waals surface area contributed by atoms with Crippen molar-refractivity contribution in [2.24, 2.45) is 0 Å². The molecule has 6 heteroatoms. The Morgan fingerprint density at radius 2 is 1.91 bits per heavy atom. The third kappa shape index (κ3) is 6.08. The van der Waals surface area contributed by atoms with Gasteiger partial charge in [-0.25, -0.2) is 4.79 Å². The number of rotatable bonds is 9. The lowest BCUT2D eigenvalue weighted by Crippen LogP contribution is -2.33. The number of aromatic carboxylic acids is 1. The highest BCUT2D eigenvalue weighted by Crippen LogP contribution is 2.34. The van der Waals surface area contributed by atoms with Gasteiger partial charge in [-0.1, -0.05) is 48.0 Å². The van der Waals surface area contributed by atoms with Crippen LogP contribution in [0.1, 0.15) is 57.3 Å². The number of aliphatic hydroxyl groups excluding tert-OH is 1. The van der Waals surface area contributed by atoms with E-state index in [1.807, 2.05) is 29.2 Å². The summed E-state index contributed by atoms with van der Waals surface area (Å²) in [5.74, 6) is -0.788. The van der Waals surface area contributed by atoms with Crippen LogP contribution in [0.4, 0.5) is 0 Å². The van der Waals surface area contributed by atoms with Crippen LogP contribution in [0.3, 0.4) is 0 Å². The normalized spacial score (nSPS) is 16.8. The number of carboxylic acids is 1. The van der Waals surface area contributed by atoms with Gasteiger partial charge in [0, 0.05) is 22.7 Å². The molecule has 1 aliphatic heterocycles. The second-order valence-electron chi connectivity index (χ2n) is 9.15. The van der Waals surface area contributed by atoms with Crippen LogP contribution in [0.25, 0.3) is 10.4 Å². The maximum Gasteiger partial charge on any atom is 0.335 e. The monoisotopic (exact) mass is 489 g/mol. The molecule has 0 aliphatic carbocycles. The molecule has 0 spiro atoms. The third-order valence-electron chi connectivity index (χ3n) is 6.52. The average molecular weight is 490 g/mol. The first kappa shape index (κ1) is 24.9. The highest BCUT2D eigenvalue weighted by atomic mass is 32.1. The Morgan fingerprint density at radius 3 is 2.63 bits per heavy atom. The number of hydrogen-bond donors (Lipinski definition) is 2. The molecule has 0 radical (unpaired) electrons. The molecule has 0 saturated carbocycles. The molecule has 182 valence electrons. The lowest BCUT2D eigenvalue weighted by molar-refractivity contribution is -0.128. The smallest absolute Gasteiger partial charge is 0.335 e. The van der Waals surface area contributed by atoms with Crippen molar-refractivity contribution in [3.8, 4) is 10.4 Å². The Kier molecular flexibility index (Phi) is 7.83. The van der Waals surface area contributed by atoms with Crippen molar-refractivity contribution in [3.63, 3.8) is 0 Å². The molecule has 0 bridgehead atoms. The molecular formula is C29H31NO4S. The Bertz CT molecular complexity index is 1230. The third-order valence-corrected chi connectivity index (χ3v) is 7.71. The average Bonchev–Trinajstić information content (AvgIpc) is 3.45. The maximum absolute atomic E-state index is 12.4. The molecular weight excluding hydrogens is 458 g/mol. The summed E-state index contributed by atoms with van der Waals surface area (Å²) in [7, 11) is 0. The van der Waals surface area contributed by atoms with Crippen molar-refractivity contribution < 1.29 is 19.8 Å². The number of thiophene rings is 1. The van der Waals surface area contributed by atoms with Crippen LogP contribution in [0.5, 0.6) is 0 Å². The number of carbonyl (C=O) groups excluding carboxylic acids is 1. The van der Waals surface area contributed by atoms with Gasteiger partial charge in [0.05, 0.1) is 11.6 Å². The van der Waals surface area contributed by atoms with Gasteiger partial charge >= 0.3 is 5.97 Å². The predicted octanol–water partition coefficient (Wildman–Crippen LogP) is 5.94. The minimum atomic E-state index is -0.930. The fraction of sp³-hybridized carbons (Fsp3) is 0.310. The Labute approximate surface area is 210 Å². The summed E-state index contributed by atoms with van der Waals surface area (Å²) in [6.45, 7) is 4.83. The molecule has 2 unspecified atom stereocenters. The molecule has 5 nitrogen and oxygen atoms in total. The van der Waals surface area contributed by atoms with E-state index >= 15 is 0 Å². The number of amides is 1. The van der Waals surface area contributed by atoms with Crippen LogP contribution < -0.4 is 0 Å². The number of carbonyl (C=O) groups is 2. The molecule has 1 aromatic heterocycles. The van der Waals surface area contributed by atoms with Crippen LogP contribution in [-0.4, -0.2) is 39.6 Å². The van der Waals surface area contributed by atoms with Gasteiger partial charge in [0.25, 0.3) is 0 Å². The van der Waals surface area contributed by atoms with E-state index in [0.29, 0.717) is 13.0 Å². The van der Waals surface area contributed by atoms with Crippen LogP contribution in [-0.2, 0) is 11.2 Å². The molecule has 4 rings (SSSR count). The van der Waals surface area contributed by atoms with Crippen molar-refractivity contribution in [1.29, 1.82) is 0 Å². The van der Waals surface area contributed by atoms with E-state index in [0.717, 1.165) is 34.6 Å². The first-order valence-electron chi connectivity index (χ1n) is 12.0. The van der Waals surface area contributed by atoms with Crippen molar-refractivity contribution in [3.05, 3.63) is 93.9 Å². The minimum absolute atomic E-state index is 0.00897. The van der Waals surface area contributed by atoms with E-state index in [-0.39, 0.29) is 17.5 Å². The quantitative estimate of drug-likeness (QED) is 0.365. The SMILES string of the molecule is Cc1ccc(-c2ccc(C(O)/C=C/C3CCC(=O)N3CCCc3ccc(C(=O)O)cc3)s2)c(C)c1. The molecule has 2 heterocycles. The Hall–Kier alpha value is -3.22. The van der Waals surface area contributed by atoms with Gasteiger partial charge in [-0.05, 0) is 74.1 Å². The molecule has 1 fully saturated rings. The number of aliphatic hydroxyl groups is 1. The van der Waals surface area contributed by atoms with Crippen molar-refractivity contribution >= 4 is 23.2 Å². The highest BCUT2D eigenvalue weighted by molar-refractivity contribution is 7.15. The van der Waals surface area contributed by atoms with E-state index in [9.17, 15) is 14.7 Å². The van der Waals surface area contributed by atoms with Gasteiger partial charge in [-0.2, -0.15) is 0 Å². The first-order valence-corrected chi connectivity index (χ1v) is 12.8. The van der Waals surface area contributed by atoms with Crippen LogP contribution in [0, 0.1) is 13.8 Å². The summed E-state index contributed by atoms with van der Waals surface area (Å²) in [4.78, 5) is 27.4. The standard InChI is InChI=1S/C29H31NO4S/c1-19-5-12-24(20(2)18-19)26-14-15-27(35-26)25(31)13-10-23-11-16-28(32)30(23)17-3-4-21-6-8-22(9-7-21)29(33)34/h5-10,12-15,18,23,25,31H,3-4,11,16-17H2,1-2H3,(H,33,34)/b13-10+. The van der Waals surface area contributed by atoms with Gasteiger partial charge in [0.1, 0.15) is 6.10 Å². The number of nitrogens with zero attached hydrogens (tertiary/aromatic N) is 1. The Balaban J connectivity index is 1.34. The van der Waals surface area contributed by atoms with E-state index in [2.05, 4.69) is 38.1 Å². The summed E-state index contributed by atoms with van der Waals surface area (Å²) < 4.78 is 0. The summed E-state index contributed by atoms with van der Waals surface area (Å²) in [5, 5.41) is 19.8. The van der Waals surface area contributed by atoms with Crippen molar-refractivity contribution in [2.75, 3.05) is 6.54 Å². The molecule has 3 aromatic rings. The number of benzene rings is 2. The lowest BCUT2D eigenvalue weighted by atomic mass is 10.0. The van der Waals surface area contributed by atoms with E-state index in [1.165, 1.54) is 16.7 Å². The number of likely N-dealkylation sites (tertiary alicyclic amines) is 1. The van der Waals surface area contributed by atoms with Crippen molar-refractivity contribution in [1.82, 2.24) is 4.90 Å². The molecule has 2 N–H and O–H groups in total. The van der Waals surface area contributed by atoms with Gasteiger partial charge in [-0.3, -0.25) is 4.79 Å².